The number of carbonyl (C=O) groups excluding carboxylic acids is 1. The number of fused-ring (bicyclic) bond motifs is 3. The van der Waals surface area contributed by atoms with Crippen molar-refractivity contribution in [2.24, 2.45) is 0 Å². The molecule has 0 saturated carbocycles. The second-order valence-corrected chi connectivity index (χ2v) is 5.48. The van der Waals surface area contributed by atoms with E-state index in [0.717, 1.165) is 33.1 Å². The average molecular weight is 320 g/mol. The largest absolute Gasteiger partial charge is 1.00 e. The quantitative estimate of drug-likeness (QED) is 0.656. The first-order chi connectivity index (χ1) is 10.6. The van der Waals surface area contributed by atoms with Crippen molar-refractivity contribution in [1.82, 2.24) is 0 Å². The van der Waals surface area contributed by atoms with Crippen LogP contribution in [0.2, 0.25) is 0 Å². The summed E-state index contributed by atoms with van der Waals surface area (Å²) in [6.07, 6.45) is 0.595. The fourth-order valence-corrected chi connectivity index (χ4v) is 2.69. The van der Waals surface area contributed by atoms with Gasteiger partial charge in [0.25, 0.3) is 0 Å². The van der Waals surface area contributed by atoms with E-state index in [1.54, 1.807) is 0 Å². The Morgan fingerprint density at radius 1 is 1.17 bits per heavy atom. The molecule has 23 heavy (non-hydrogen) atoms. The van der Waals surface area contributed by atoms with Gasteiger partial charge in [-0.3, -0.25) is 0 Å². The number of carboxylic acids is 1. The van der Waals surface area contributed by atoms with Gasteiger partial charge >= 0.3 is 29.6 Å². The van der Waals surface area contributed by atoms with E-state index < -0.39 is 12.1 Å². The van der Waals surface area contributed by atoms with Crippen LogP contribution in [-0.2, 0) is 11.2 Å². The molecule has 1 atom stereocenters. The monoisotopic (exact) mass is 320 g/mol. The number of aliphatic hydroxyl groups excluding tert-OH is 1. The van der Waals surface area contributed by atoms with E-state index in [-0.39, 0.29) is 36.0 Å². The fourth-order valence-electron chi connectivity index (χ4n) is 2.69. The molecule has 0 radical (unpaired) electrons. The van der Waals surface area contributed by atoms with Gasteiger partial charge in [-0.1, -0.05) is 19.1 Å². The van der Waals surface area contributed by atoms with Gasteiger partial charge in [0.1, 0.15) is 11.2 Å². The number of hydrogen-bond acceptors (Lipinski definition) is 4. The number of aryl methyl sites for hydroxylation is 1. The number of furan rings is 1. The summed E-state index contributed by atoms with van der Waals surface area (Å²) in [4.78, 5) is 10.6. The first-order valence-corrected chi connectivity index (χ1v) is 7.41. The third-order valence-electron chi connectivity index (χ3n) is 3.95. The Labute approximate surface area is 156 Å². The molecule has 0 bridgehead atoms. The standard InChI is InChI=1S/C18H18O4.Na/c1-2-15(19)12-5-7-17-14(10-12)13-9-11(4-8-18(20)21)3-6-16(13)22-17;/h3,5-7,9-10,15,19H,2,4,8H2,1H3,(H,20,21);/q;+1/p-1. The van der Waals surface area contributed by atoms with Gasteiger partial charge in [-0.2, -0.15) is 0 Å². The van der Waals surface area contributed by atoms with Gasteiger partial charge in [-0.05, 0) is 54.7 Å². The van der Waals surface area contributed by atoms with Gasteiger partial charge in [0.15, 0.2) is 0 Å². The molecule has 1 heterocycles. The van der Waals surface area contributed by atoms with E-state index >= 15 is 0 Å². The minimum Gasteiger partial charge on any atom is -0.550 e. The number of carbonyl (C=O) groups is 1. The number of benzene rings is 2. The Hall–Kier alpha value is -1.33. The van der Waals surface area contributed by atoms with Gasteiger partial charge in [-0.15, -0.1) is 0 Å². The molecule has 4 nitrogen and oxygen atoms in total. The fraction of sp³-hybridized carbons (Fsp3) is 0.278. The molecule has 0 fully saturated rings. The smallest absolute Gasteiger partial charge is 0.550 e. The second kappa shape index (κ2) is 7.49. The topological polar surface area (TPSA) is 73.5 Å². The maximum Gasteiger partial charge on any atom is 1.00 e. The first kappa shape index (κ1) is 18.0. The summed E-state index contributed by atoms with van der Waals surface area (Å²) < 4.78 is 5.79. The minimum atomic E-state index is -1.05. The minimum absolute atomic E-state index is 0. The maximum atomic E-state index is 10.6. The van der Waals surface area contributed by atoms with Crippen LogP contribution in [0.15, 0.2) is 40.8 Å². The number of rotatable bonds is 5. The zero-order valence-electron chi connectivity index (χ0n) is 13.3. The molecular formula is C18H17NaO4. The van der Waals surface area contributed by atoms with Gasteiger partial charge in [0.05, 0.1) is 6.10 Å². The predicted molar refractivity (Wildman–Crippen MR) is 82.3 cm³/mol. The third-order valence-corrected chi connectivity index (χ3v) is 3.95. The SMILES string of the molecule is CCC(O)c1ccc2oc3ccc(CCC(=O)[O-])cc3c2c1.[Na+]. The maximum absolute atomic E-state index is 10.6. The predicted octanol–water partition coefficient (Wildman–Crippen LogP) is -0.284. The van der Waals surface area contributed by atoms with Crippen LogP contribution in [0.1, 0.15) is 37.0 Å². The van der Waals surface area contributed by atoms with Gasteiger partial charge < -0.3 is 19.4 Å². The molecule has 0 amide bonds. The Kier molecular flexibility index (Phi) is 5.87. The van der Waals surface area contributed by atoms with E-state index in [4.69, 9.17) is 4.42 Å². The van der Waals surface area contributed by atoms with Crippen LogP contribution in [-0.4, -0.2) is 11.1 Å². The second-order valence-electron chi connectivity index (χ2n) is 5.48. The molecule has 3 rings (SSSR count). The summed E-state index contributed by atoms with van der Waals surface area (Å²) in [6.45, 7) is 1.93. The third kappa shape index (κ3) is 3.78. The van der Waals surface area contributed by atoms with Crippen LogP contribution in [0, 0.1) is 0 Å². The van der Waals surface area contributed by atoms with E-state index in [0.29, 0.717) is 12.8 Å². The molecule has 3 aromatic rings. The molecule has 5 heteroatoms. The van der Waals surface area contributed by atoms with E-state index in [1.807, 2.05) is 43.3 Å². The van der Waals surface area contributed by atoms with Crippen LogP contribution < -0.4 is 34.7 Å². The molecule has 0 aliphatic carbocycles. The van der Waals surface area contributed by atoms with Crippen molar-refractivity contribution in [1.29, 1.82) is 0 Å². The normalized spacial score (nSPS) is 12.3. The van der Waals surface area contributed by atoms with E-state index in [9.17, 15) is 15.0 Å². The molecule has 1 unspecified atom stereocenters. The number of aliphatic carboxylic acids is 1. The van der Waals surface area contributed by atoms with Crippen molar-refractivity contribution < 1.29 is 49.0 Å². The van der Waals surface area contributed by atoms with Crippen LogP contribution in [0.3, 0.4) is 0 Å². The van der Waals surface area contributed by atoms with Crippen molar-refractivity contribution in [2.75, 3.05) is 0 Å². The molecule has 114 valence electrons. The Morgan fingerprint density at radius 2 is 1.83 bits per heavy atom. The first-order valence-electron chi connectivity index (χ1n) is 7.41. The Bertz CT molecular complexity index is 838. The summed E-state index contributed by atoms with van der Waals surface area (Å²) in [5.41, 5.74) is 3.31. The van der Waals surface area contributed by atoms with Crippen molar-refractivity contribution in [3.63, 3.8) is 0 Å². The van der Waals surface area contributed by atoms with Crippen molar-refractivity contribution in [3.05, 3.63) is 47.5 Å². The van der Waals surface area contributed by atoms with Crippen LogP contribution in [0.5, 0.6) is 0 Å². The van der Waals surface area contributed by atoms with Crippen molar-refractivity contribution in [2.45, 2.75) is 32.3 Å². The van der Waals surface area contributed by atoms with Crippen LogP contribution >= 0.6 is 0 Å². The van der Waals surface area contributed by atoms with E-state index in [2.05, 4.69) is 0 Å². The van der Waals surface area contributed by atoms with Gasteiger partial charge in [0.2, 0.25) is 0 Å². The number of aliphatic hydroxyl groups is 1. The molecule has 0 aliphatic rings. The summed E-state index contributed by atoms with van der Waals surface area (Å²) in [7, 11) is 0. The average Bonchev–Trinajstić information content (AvgIpc) is 2.89. The number of carboxylic acid groups (broad SMARTS) is 1. The zero-order valence-corrected chi connectivity index (χ0v) is 15.3. The van der Waals surface area contributed by atoms with Gasteiger partial charge in [-0.25, -0.2) is 0 Å². The molecule has 2 aromatic carbocycles. The molecular weight excluding hydrogens is 303 g/mol. The number of hydrogen-bond donors (Lipinski definition) is 1. The summed E-state index contributed by atoms with van der Waals surface area (Å²) in [5, 5.41) is 22.5. The Morgan fingerprint density at radius 3 is 2.48 bits per heavy atom. The van der Waals surface area contributed by atoms with Crippen molar-refractivity contribution in [3.8, 4) is 0 Å². The molecule has 1 N–H and O–H groups in total. The van der Waals surface area contributed by atoms with Crippen LogP contribution in [0.25, 0.3) is 21.9 Å². The Balaban J connectivity index is 0.00000192. The molecule has 1 aromatic heterocycles. The molecule has 0 saturated heterocycles. The van der Waals surface area contributed by atoms with Crippen molar-refractivity contribution >= 4 is 27.9 Å². The molecule has 0 aliphatic heterocycles. The summed E-state index contributed by atoms with van der Waals surface area (Å²) in [5.74, 6) is -1.05. The summed E-state index contributed by atoms with van der Waals surface area (Å²) >= 11 is 0. The molecule has 0 spiro atoms. The van der Waals surface area contributed by atoms with E-state index in [1.165, 1.54) is 0 Å². The summed E-state index contributed by atoms with van der Waals surface area (Å²) in [6, 6.07) is 11.4. The van der Waals surface area contributed by atoms with Crippen LogP contribution in [0.4, 0.5) is 0 Å². The zero-order chi connectivity index (χ0) is 15.7. The van der Waals surface area contributed by atoms with Gasteiger partial charge in [0, 0.05) is 16.7 Å².